The summed E-state index contributed by atoms with van der Waals surface area (Å²) in [5, 5.41) is 7.76. The molecule has 0 saturated heterocycles. The molecular formula is C24H20N6O3. The summed E-state index contributed by atoms with van der Waals surface area (Å²) >= 11 is 0. The van der Waals surface area contributed by atoms with Gasteiger partial charge < -0.3 is 0 Å². The van der Waals surface area contributed by atoms with Gasteiger partial charge in [-0.2, -0.15) is 15.0 Å². The third-order valence-electron chi connectivity index (χ3n) is 4.69. The van der Waals surface area contributed by atoms with E-state index in [1.165, 1.54) is 0 Å². The number of carbonyl (C=O) groups excluding carboxylic acids is 3. The fourth-order valence-corrected chi connectivity index (χ4v) is 3.04. The van der Waals surface area contributed by atoms with Crippen molar-refractivity contribution in [1.29, 1.82) is 0 Å². The first-order valence-corrected chi connectivity index (χ1v) is 10.2. The molecule has 9 heteroatoms. The van der Waals surface area contributed by atoms with Crippen LogP contribution >= 0.6 is 0 Å². The minimum Gasteiger partial charge on any atom is -0.290 e. The number of nitrogens with one attached hydrogen (secondary N) is 3. The van der Waals surface area contributed by atoms with Gasteiger partial charge in [-0.15, -0.1) is 0 Å². The van der Waals surface area contributed by atoms with E-state index in [0.29, 0.717) is 23.1 Å². The molecule has 3 amide bonds. The molecule has 3 aromatic rings. The Morgan fingerprint density at radius 3 is 1.52 bits per heavy atom. The summed E-state index contributed by atoms with van der Waals surface area (Å²) in [4.78, 5) is 50.1. The van der Waals surface area contributed by atoms with E-state index in [2.05, 4.69) is 30.9 Å². The van der Waals surface area contributed by atoms with Gasteiger partial charge in [0.25, 0.3) is 17.7 Å². The van der Waals surface area contributed by atoms with Crippen molar-refractivity contribution >= 4 is 35.6 Å². The van der Waals surface area contributed by atoms with E-state index in [-0.39, 0.29) is 23.8 Å². The second-order valence-electron chi connectivity index (χ2n) is 7.06. The number of nitrogens with zero attached hydrogens (tertiary/aromatic N) is 3. The quantitative estimate of drug-likeness (QED) is 0.538. The van der Waals surface area contributed by atoms with E-state index < -0.39 is 11.8 Å². The number of carbonyl (C=O) groups is 3. The average molecular weight is 440 g/mol. The number of hydrogen-bond donors (Lipinski definition) is 3. The summed E-state index contributed by atoms with van der Waals surface area (Å²) in [7, 11) is 0. The molecule has 3 N–H and O–H groups in total. The van der Waals surface area contributed by atoms with Crippen LogP contribution in [-0.2, 0) is 4.79 Å². The minimum absolute atomic E-state index is 0.0998. The lowest BCUT2D eigenvalue weighted by atomic mass is 10.0. The summed E-state index contributed by atoms with van der Waals surface area (Å²) in [5.41, 5.74) is 1.37. The molecule has 0 radical (unpaired) electrons. The van der Waals surface area contributed by atoms with Crippen LogP contribution in [0, 0.1) is 0 Å². The molecule has 1 aliphatic rings. The Morgan fingerprint density at radius 2 is 1.09 bits per heavy atom. The van der Waals surface area contributed by atoms with Crippen LogP contribution in [0.25, 0.3) is 0 Å². The number of allylic oxidation sites excluding steroid dienone is 3. The Kier molecular flexibility index (Phi) is 6.60. The number of hydrogen-bond acceptors (Lipinski definition) is 6. The van der Waals surface area contributed by atoms with Gasteiger partial charge in [-0.25, -0.2) is 0 Å². The Morgan fingerprint density at radius 1 is 0.636 bits per heavy atom. The number of anilines is 3. The summed E-state index contributed by atoms with van der Waals surface area (Å²) in [6.07, 6.45) is 6.84. The fraction of sp³-hybridized carbons (Fsp3) is 0.0833. The zero-order valence-corrected chi connectivity index (χ0v) is 17.5. The molecule has 0 unspecified atom stereocenters. The van der Waals surface area contributed by atoms with Gasteiger partial charge in [0.15, 0.2) is 0 Å². The summed E-state index contributed by atoms with van der Waals surface area (Å²) < 4.78 is 0. The van der Waals surface area contributed by atoms with E-state index in [1.807, 2.05) is 12.2 Å². The van der Waals surface area contributed by atoms with Gasteiger partial charge in [-0.05, 0) is 37.1 Å². The zero-order chi connectivity index (χ0) is 23.0. The Labute approximate surface area is 189 Å². The second-order valence-corrected chi connectivity index (χ2v) is 7.06. The maximum atomic E-state index is 12.6. The highest BCUT2D eigenvalue weighted by atomic mass is 16.2. The molecular weight excluding hydrogens is 420 g/mol. The van der Waals surface area contributed by atoms with E-state index in [9.17, 15) is 14.4 Å². The van der Waals surface area contributed by atoms with Crippen LogP contribution in [0.4, 0.5) is 17.8 Å². The fourth-order valence-electron chi connectivity index (χ4n) is 3.04. The van der Waals surface area contributed by atoms with Gasteiger partial charge >= 0.3 is 0 Å². The lowest BCUT2D eigenvalue weighted by Crippen LogP contribution is -2.22. The van der Waals surface area contributed by atoms with Gasteiger partial charge in [0.2, 0.25) is 17.8 Å². The Balaban J connectivity index is 1.59. The molecule has 0 bridgehead atoms. The number of aromatic nitrogens is 3. The molecule has 0 saturated carbocycles. The molecule has 0 spiro atoms. The van der Waals surface area contributed by atoms with Crippen molar-refractivity contribution in [3.8, 4) is 0 Å². The maximum Gasteiger partial charge on any atom is 0.258 e. The Bertz CT molecular complexity index is 1170. The molecule has 1 aromatic heterocycles. The first-order chi connectivity index (χ1) is 16.1. The molecule has 0 atom stereocenters. The van der Waals surface area contributed by atoms with E-state index >= 15 is 0 Å². The number of rotatable bonds is 6. The van der Waals surface area contributed by atoms with Crippen molar-refractivity contribution in [1.82, 2.24) is 15.0 Å². The third kappa shape index (κ3) is 5.73. The molecule has 1 aliphatic carbocycles. The third-order valence-corrected chi connectivity index (χ3v) is 4.69. The largest absolute Gasteiger partial charge is 0.290 e. The normalized spacial score (nSPS) is 12.4. The second kappa shape index (κ2) is 10.1. The molecule has 164 valence electrons. The average Bonchev–Trinajstić information content (AvgIpc) is 2.85. The molecule has 9 nitrogen and oxygen atoms in total. The highest BCUT2D eigenvalue weighted by Crippen LogP contribution is 2.16. The molecule has 4 rings (SSSR count). The molecule has 1 heterocycles. The predicted octanol–water partition coefficient (Wildman–Crippen LogP) is 3.59. The van der Waals surface area contributed by atoms with Crippen LogP contribution in [0.3, 0.4) is 0 Å². The van der Waals surface area contributed by atoms with Gasteiger partial charge in [-0.3, -0.25) is 30.3 Å². The van der Waals surface area contributed by atoms with Crippen molar-refractivity contribution in [3.05, 3.63) is 95.6 Å². The SMILES string of the molecule is O=C(Nc1nc(NC(=O)c2ccccc2)nc(NC(=O)c2ccccc2)n1)C1=CC=CCC1. The van der Waals surface area contributed by atoms with Gasteiger partial charge in [0.1, 0.15) is 0 Å². The van der Waals surface area contributed by atoms with Gasteiger partial charge in [0.05, 0.1) is 0 Å². The smallest absolute Gasteiger partial charge is 0.258 e. The van der Waals surface area contributed by atoms with E-state index in [1.54, 1.807) is 66.7 Å². The Hall–Kier alpha value is -4.66. The van der Waals surface area contributed by atoms with Crippen molar-refractivity contribution in [3.63, 3.8) is 0 Å². The van der Waals surface area contributed by atoms with Crippen LogP contribution in [0.1, 0.15) is 33.6 Å². The minimum atomic E-state index is -0.445. The zero-order valence-electron chi connectivity index (χ0n) is 17.5. The highest BCUT2D eigenvalue weighted by Gasteiger charge is 2.17. The van der Waals surface area contributed by atoms with Crippen molar-refractivity contribution < 1.29 is 14.4 Å². The monoisotopic (exact) mass is 440 g/mol. The lowest BCUT2D eigenvalue weighted by molar-refractivity contribution is -0.113. The van der Waals surface area contributed by atoms with E-state index in [0.717, 1.165) is 6.42 Å². The van der Waals surface area contributed by atoms with Crippen LogP contribution in [0.5, 0.6) is 0 Å². The summed E-state index contributed by atoms with van der Waals surface area (Å²) in [6.45, 7) is 0. The van der Waals surface area contributed by atoms with Crippen LogP contribution in [0.2, 0.25) is 0 Å². The van der Waals surface area contributed by atoms with Crippen molar-refractivity contribution in [2.24, 2.45) is 0 Å². The molecule has 0 aliphatic heterocycles. The summed E-state index contributed by atoms with van der Waals surface area (Å²) in [6, 6.07) is 17.1. The van der Waals surface area contributed by atoms with Gasteiger partial charge in [0, 0.05) is 16.7 Å². The highest BCUT2D eigenvalue weighted by molar-refractivity contribution is 6.06. The van der Waals surface area contributed by atoms with Crippen LogP contribution in [0.15, 0.2) is 84.5 Å². The maximum absolute atomic E-state index is 12.6. The standard InChI is InChI=1S/C24H20N6O3/c31-19(16-10-4-1-5-11-16)25-22-28-23(26-20(32)17-12-6-2-7-13-17)30-24(29-22)27-21(33)18-14-8-3-9-15-18/h1-8,10-14H,9,15H2,(H3,25,26,27,28,29,30,31,32,33). The van der Waals surface area contributed by atoms with Crippen molar-refractivity contribution in [2.75, 3.05) is 16.0 Å². The molecule has 2 aromatic carbocycles. The number of amides is 3. The molecule has 0 fully saturated rings. The van der Waals surface area contributed by atoms with Crippen LogP contribution < -0.4 is 16.0 Å². The van der Waals surface area contributed by atoms with Gasteiger partial charge in [-0.1, -0.05) is 54.6 Å². The predicted molar refractivity (Wildman–Crippen MR) is 124 cm³/mol. The first kappa shape index (κ1) is 21.6. The van der Waals surface area contributed by atoms with Crippen molar-refractivity contribution in [2.45, 2.75) is 12.8 Å². The number of benzene rings is 2. The van der Waals surface area contributed by atoms with Crippen LogP contribution in [-0.4, -0.2) is 32.7 Å². The topological polar surface area (TPSA) is 126 Å². The van der Waals surface area contributed by atoms with E-state index in [4.69, 9.17) is 0 Å². The molecule has 33 heavy (non-hydrogen) atoms. The summed E-state index contributed by atoms with van der Waals surface area (Å²) in [5.74, 6) is -1.59. The lowest BCUT2D eigenvalue weighted by Gasteiger charge is -2.12. The first-order valence-electron chi connectivity index (χ1n) is 10.2.